The number of piperazine rings is 1. The second-order valence-corrected chi connectivity index (χ2v) is 11.0. The fourth-order valence-electron chi connectivity index (χ4n) is 4.76. The summed E-state index contributed by atoms with van der Waals surface area (Å²) >= 11 is 6.12. The molecule has 2 aliphatic rings. The molecule has 0 unspecified atom stereocenters. The second kappa shape index (κ2) is 9.37. The number of anilines is 2. The Balaban J connectivity index is 1.25. The zero-order chi connectivity index (χ0) is 22.8. The largest absolute Gasteiger partial charge is 0.371 e. The molecule has 1 saturated heterocycles. The Kier molecular flexibility index (Phi) is 6.32. The molecular weight excluding hydrogens is 454 g/mol. The summed E-state index contributed by atoms with van der Waals surface area (Å²) in [4.78, 5) is 4.95. The first kappa shape index (κ1) is 22.3. The second-order valence-electron chi connectivity index (χ2n) is 8.63. The van der Waals surface area contributed by atoms with E-state index in [2.05, 4.69) is 34.1 Å². The average molecular weight is 482 g/mol. The van der Waals surface area contributed by atoms with E-state index in [0.717, 1.165) is 42.9 Å². The van der Waals surface area contributed by atoms with Gasteiger partial charge < -0.3 is 9.80 Å². The molecule has 0 radical (unpaired) electrons. The maximum Gasteiger partial charge on any atom is 0.243 e. The van der Waals surface area contributed by atoms with Gasteiger partial charge in [-0.05, 0) is 60.4 Å². The van der Waals surface area contributed by atoms with E-state index in [0.29, 0.717) is 36.1 Å². The van der Waals surface area contributed by atoms with Crippen LogP contribution in [0.3, 0.4) is 0 Å². The summed E-state index contributed by atoms with van der Waals surface area (Å²) in [6.45, 7) is 4.11. The normalized spacial score (nSPS) is 16.8. The number of halogens is 1. The van der Waals surface area contributed by atoms with Gasteiger partial charge in [0.2, 0.25) is 10.0 Å². The predicted octanol–water partition coefficient (Wildman–Crippen LogP) is 4.46. The van der Waals surface area contributed by atoms with Gasteiger partial charge in [-0.15, -0.1) is 0 Å². The topological polar surface area (TPSA) is 43.9 Å². The zero-order valence-corrected chi connectivity index (χ0v) is 20.1. The molecule has 2 heterocycles. The molecule has 0 aromatic heterocycles. The van der Waals surface area contributed by atoms with Gasteiger partial charge in [-0.1, -0.05) is 48.0 Å². The monoisotopic (exact) mass is 481 g/mol. The Morgan fingerprint density at radius 2 is 1.61 bits per heavy atom. The molecule has 3 aromatic carbocycles. The lowest BCUT2D eigenvalue weighted by atomic mass is 10.1. The highest BCUT2D eigenvalue weighted by molar-refractivity contribution is 7.89. The summed E-state index contributed by atoms with van der Waals surface area (Å²) in [6, 6.07) is 23.8. The van der Waals surface area contributed by atoms with Crippen LogP contribution in [0.25, 0.3) is 0 Å². The Morgan fingerprint density at radius 1 is 0.818 bits per heavy atom. The molecule has 1 fully saturated rings. The molecule has 33 heavy (non-hydrogen) atoms. The number of sulfonamides is 1. The van der Waals surface area contributed by atoms with Crippen molar-refractivity contribution in [1.29, 1.82) is 0 Å². The van der Waals surface area contributed by atoms with Crippen molar-refractivity contribution in [2.45, 2.75) is 17.7 Å². The summed E-state index contributed by atoms with van der Waals surface area (Å²) < 4.78 is 28.3. The standard InChI is InChI=1S/C26H28ClN3O2S/c27-23-7-4-8-24(20-23)28-15-17-30(18-16-28)33(31,32)25-9-10-26-22(19-25)12-14-29(26)13-11-21-5-2-1-3-6-21/h1-10,19-20H,11-18H2. The zero-order valence-electron chi connectivity index (χ0n) is 18.5. The molecule has 0 spiro atoms. The van der Waals surface area contributed by atoms with Crippen LogP contribution >= 0.6 is 11.6 Å². The SMILES string of the molecule is O=S(=O)(c1ccc2c(c1)CCN2CCc1ccccc1)N1CCN(c2cccc(Cl)c2)CC1. The van der Waals surface area contributed by atoms with Crippen LogP contribution in [-0.4, -0.2) is 52.0 Å². The van der Waals surface area contributed by atoms with Crippen molar-refractivity contribution in [2.24, 2.45) is 0 Å². The van der Waals surface area contributed by atoms with Crippen LogP contribution in [0.2, 0.25) is 5.02 Å². The maximum absolute atomic E-state index is 13.3. The van der Waals surface area contributed by atoms with Crippen LogP contribution in [0.4, 0.5) is 11.4 Å². The van der Waals surface area contributed by atoms with E-state index < -0.39 is 10.0 Å². The lowest BCUT2D eigenvalue weighted by Crippen LogP contribution is -2.48. The van der Waals surface area contributed by atoms with E-state index in [1.807, 2.05) is 42.5 Å². The van der Waals surface area contributed by atoms with Crippen molar-refractivity contribution in [2.75, 3.05) is 49.1 Å². The lowest BCUT2D eigenvalue weighted by molar-refractivity contribution is 0.385. The third kappa shape index (κ3) is 4.74. The summed E-state index contributed by atoms with van der Waals surface area (Å²) in [5, 5.41) is 0.693. The van der Waals surface area contributed by atoms with Gasteiger partial charge in [0, 0.05) is 55.7 Å². The highest BCUT2D eigenvalue weighted by atomic mass is 35.5. The number of fused-ring (bicyclic) bond motifs is 1. The molecule has 3 aromatic rings. The molecule has 5 nitrogen and oxygen atoms in total. The van der Waals surface area contributed by atoms with Crippen molar-refractivity contribution >= 4 is 33.0 Å². The molecular formula is C26H28ClN3O2S. The predicted molar refractivity (Wildman–Crippen MR) is 135 cm³/mol. The van der Waals surface area contributed by atoms with Gasteiger partial charge in [0.15, 0.2) is 0 Å². The van der Waals surface area contributed by atoms with Gasteiger partial charge in [-0.25, -0.2) is 8.42 Å². The molecule has 0 saturated carbocycles. The Bertz CT molecular complexity index is 1230. The Labute approximate surface area is 201 Å². The van der Waals surface area contributed by atoms with E-state index in [1.165, 1.54) is 5.56 Å². The van der Waals surface area contributed by atoms with Crippen LogP contribution in [0.15, 0.2) is 77.7 Å². The van der Waals surface area contributed by atoms with Crippen LogP contribution in [0.1, 0.15) is 11.1 Å². The van der Waals surface area contributed by atoms with Gasteiger partial charge >= 0.3 is 0 Å². The minimum atomic E-state index is -3.51. The number of hydrogen-bond acceptors (Lipinski definition) is 4. The summed E-state index contributed by atoms with van der Waals surface area (Å²) in [5.41, 5.74) is 4.65. The quantitative estimate of drug-likeness (QED) is 0.521. The van der Waals surface area contributed by atoms with Crippen LogP contribution in [-0.2, 0) is 22.9 Å². The van der Waals surface area contributed by atoms with Crippen LogP contribution in [0, 0.1) is 0 Å². The van der Waals surface area contributed by atoms with E-state index in [1.54, 1.807) is 10.4 Å². The molecule has 0 amide bonds. The van der Waals surface area contributed by atoms with Gasteiger partial charge in [0.1, 0.15) is 0 Å². The molecule has 0 N–H and O–H groups in total. The van der Waals surface area contributed by atoms with Gasteiger partial charge in [-0.3, -0.25) is 0 Å². The summed E-state index contributed by atoms with van der Waals surface area (Å²) in [7, 11) is -3.51. The van der Waals surface area contributed by atoms with Gasteiger partial charge in [-0.2, -0.15) is 4.31 Å². The molecule has 0 atom stereocenters. The molecule has 0 aliphatic carbocycles. The van der Waals surface area contributed by atoms with Gasteiger partial charge in [0.25, 0.3) is 0 Å². The van der Waals surface area contributed by atoms with Crippen molar-refractivity contribution in [3.8, 4) is 0 Å². The number of nitrogens with zero attached hydrogens (tertiary/aromatic N) is 3. The van der Waals surface area contributed by atoms with E-state index in [-0.39, 0.29) is 0 Å². The number of benzene rings is 3. The molecule has 0 bridgehead atoms. The Hall–Kier alpha value is -2.54. The summed E-state index contributed by atoms with van der Waals surface area (Å²) in [6.07, 6.45) is 1.87. The molecule has 7 heteroatoms. The third-order valence-electron chi connectivity index (χ3n) is 6.61. The molecule has 2 aliphatic heterocycles. The first-order chi connectivity index (χ1) is 16.0. The fourth-order valence-corrected chi connectivity index (χ4v) is 6.41. The summed E-state index contributed by atoms with van der Waals surface area (Å²) in [5.74, 6) is 0. The highest BCUT2D eigenvalue weighted by Gasteiger charge is 2.30. The van der Waals surface area contributed by atoms with Crippen molar-refractivity contribution in [3.05, 3.63) is 88.9 Å². The van der Waals surface area contributed by atoms with Crippen molar-refractivity contribution in [3.63, 3.8) is 0 Å². The number of hydrogen-bond donors (Lipinski definition) is 0. The first-order valence-electron chi connectivity index (χ1n) is 11.4. The fraction of sp³-hybridized carbons (Fsp3) is 0.308. The van der Waals surface area contributed by atoms with Crippen LogP contribution < -0.4 is 9.80 Å². The highest BCUT2D eigenvalue weighted by Crippen LogP contribution is 2.32. The van der Waals surface area contributed by atoms with Crippen LogP contribution in [0.5, 0.6) is 0 Å². The minimum absolute atomic E-state index is 0.405. The van der Waals surface area contributed by atoms with E-state index >= 15 is 0 Å². The smallest absolute Gasteiger partial charge is 0.243 e. The minimum Gasteiger partial charge on any atom is -0.371 e. The van der Waals surface area contributed by atoms with Gasteiger partial charge in [0.05, 0.1) is 4.90 Å². The van der Waals surface area contributed by atoms with Crippen molar-refractivity contribution < 1.29 is 8.42 Å². The molecule has 5 rings (SSSR count). The van der Waals surface area contributed by atoms with Crippen molar-refractivity contribution in [1.82, 2.24) is 4.31 Å². The van der Waals surface area contributed by atoms with E-state index in [9.17, 15) is 8.42 Å². The molecule has 172 valence electrons. The van der Waals surface area contributed by atoms with E-state index in [4.69, 9.17) is 11.6 Å². The third-order valence-corrected chi connectivity index (χ3v) is 8.74. The first-order valence-corrected chi connectivity index (χ1v) is 13.2. The average Bonchev–Trinajstić information content (AvgIpc) is 3.26. The lowest BCUT2D eigenvalue weighted by Gasteiger charge is -2.35. The number of rotatable bonds is 6. The maximum atomic E-state index is 13.3. The Morgan fingerprint density at radius 3 is 2.36 bits per heavy atom.